The molecule has 4 rings (SSSR count). The summed E-state index contributed by atoms with van der Waals surface area (Å²) in [6.07, 6.45) is 0. The zero-order valence-corrected chi connectivity index (χ0v) is 17.7. The van der Waals surface area contributed by atoms with Gasteiger partial charge >= 0.3 is 0 Å². The molecule has 0 saturated heterocycles. The smallest absolute Gasteiger partial charge is 0.234 e. The highest BCUT2D eigenvalue weighted by atomic mass is 35.5. The van der Waals surface area contributed by atoms with Gasteiger partial charge in [-0.3, -0.25) is 9.36 Å². The fourth-order valence-electron chi connectivity index (χ4n) is 2.94. The molecule has 3 N–H and O–H groups in total. The molecule has 0 unspecified atom stereocenters. The van der Waals surface area contributed by atoms with Gasteiger partial charge in [-0.2, -0.15) is 0 Å². The maximum absolute atomic E-state index is 13.3. The van der Waals surface area contributed by atoms with Crippen LogP contribution in [0, 0.1) is 5.82 Å². The third-order valence-electron chi connectivity index (χ3n) is 4.33. The van der Waals surface area contributed by atoms with Crippen molar-refractivity contribution < 1.29 is 9.18 Å². The predicted octanol–water partition coefficient (Wildman–Crippen LogP) is 5.04. The fraction of sp³-hybridized carbons (Fsp3) is 0.0455. The number of hydrogen-bond donors (Lipinski definition) is 2. The standard InChI is InChI=1S/C22H17ClFN5OS/c23-18-12-16(9-10-19(18)24)26-20(30)13-31-22-28-27-21(14-5-4-6-15(25)11-14)29(22)17-7-2-1-3-8-17/h1-12H,13,25H2,(H,26,30). The number of nitrogens with one attached hydrogen (secondary N) is 1. The second-order valence-electron chi connectivity index (χ2n) is 6.57. The van der Waals surface area contributed by atoms with Crippen molar-refractivity contribution in [2.45, 2.75) is 5.16 Å². The summed E-state index contributed by atoms with van der Waals surface area (Å²) < 4.78 is 15.2. The Labute approximate surface area is 187 Å². The molecule has 0 aliphatic rings. The minimum atomic E-state index is -0.543. The van der Waals surface area contributed by atoms with Crippen LogP contribution in [-0.4, -0.2) is 26.4 Å². The topological polar surface area (TPSA) is 85.8 Å². The summed E-state index contributed by atoms with van der Waals surface area (Å²) in [5, 5.41) is 11.8. The third kappa shape index (κ3) is 4.87. The highest BCUT2D eigenvalue weighted by Gasteiger charge is 2.17. The van der Waals surface area contributed by atoms with Gasteiger partial charge in [-0.25, -0.2) is 4.39 Å². The molecule has 0 radical (unpaired) electrons. The molecule has 0 fully saturated rings. The number of para-hydroxylation sites is 1. The van der Waals surface area contributed by atoms with Gasteiger partial charge in [0.25, 0.3) is 0 Å². The minimum Gasteiger partial charge on any atom is -0.399 e. The Bertz CT molecular complexity index is 1230. The Balaban J connectivity index is 1.58. The van der Waals surface area contributed by atoms with Crippen LogP contribution in [0.4, 0.5) is 15.8 Å². The van der Waals surface area contributed by atoms with E-state index in [9.17, 15) is 9.18 Å². The van der Waals surface area contributed by atoms with Crippen molar-refractivity contribution in [3.05, 3.63) is 83.6 Å². The number of carbonyl (C=O) groups is 1. The van der Waals surface area contributed by atoms with Crippen molar-refractivity contribution in [3.8, 4) is 17.1 Å². The van der Waals surface area contributed by atoms with Crippen LogP contribution in [-0.2, 0) is 4.79 Å². The number of rotatable bonds is 6. The summed E-state index contributed by atoms with van der Waals surface area (Å²) in [6, 6.07) is 21.0. The molecule has 4 aromatic rings. The van der Waals surface area contributed by atoms with E-state index in [2.05, 4.69) is 15.5 Å². The molecule has 31 heavy (non-hydrogen) atoms. The highest BCUT2D eigenvalue weighted by molar-refractivity contribution is 7.99. The number of nitrogens with zero attached hydrogens (tertiary/aromatic N) is 3. The first kappa shape index (κ1) is 20.9. The normalized spacial score (nSPS) is 10.8. The van der Waals surface area contributed by atoms with Gasteiger partial charge in [0, 0.05) is 22.6 Å². The quantitative estimate of drug-likeness (QED) is 0.315. The molecule has 0 saturated carbocycles. The summed E-state index contributed by atoms with van der Waals surface area (Å²) in [5.74, 6) is -0.122. The van der Waals surface area contributed by atoms with E-state index in [1.54, 1.807) is 6.07 Å². The molecule has 3 aromatic carbocycles. The molecule has 1 aromatic heterocycles. The van der Waals surface area contributed by atoms with Crippen molar-refractivity contribution >= 4 is 40.6 Å². The number of benzene rings is 3. The highest BCUT2D eigenvalue weighted by Crippen LogP contribution is 2.29. The zero-order chi connectivity index (χ0) is 21.8. The van der Waals surface area contributed by atoms with Gasteiger partial charge in [-0.05, 0) is 42.5 Å². The van der Waals surface area contributed by atoms with Gasteiger partial charge < -0.3 is 11.1 Å². The van der Waals surface area contributed by atoms with Crippen molar-refractivity contribution in [3.63, 3.8) is 0 Å². The van der Waals surface area contributed by atoms with Gasteiger partial charge in [0.1, 0.15) is 5.82 Å². The van der Waals surface area contributed by atoms with Crippen LogP contribution in [0.5, 0.6) is 0 Å². The maximum Gasteiger partial charge on any atom is 0.234 e. The van der Waals surface area contributed by atoms with E-state index in [1.807, 2.05) is 53.1 Å². The third-order valence-corrected chi connectivity index (χ3v) is 5.55. The Morgan fingerprint density at radius 3 is 2.61 bits per heavy atom. The SMILES string of the molecule is Nc1cccc(-c2nnc(SCC(=O)Nc3ccc(F)c(Cl)c3)n2-c2ccccc2)c1. The van der Waals surface area contributed by atoms with Crippen LogP contribution in [0.3, 0.4) is 0 Å². The van der Waals surface area contributed by atoms with Crippen LogP contribution < -0.4 is 11.1 Å². The summed E-state index contributed by atoms with van der Waals surface area (Å²) in [4.78, 5) is 12.4. The average Bonchev–Trinajstić information content (AvgIpc) is 3.19. The fourth-order valence-corrected chi connectivity index (χ4v) is 3.87. The van der Waals surface area contributed by atoms with Crippen molar-refractivity contribution in [1.29, 1.82) is 0 Å². The lowest BCUT2D eigenvalue weighted by atomic mass is 10.2. The lowest BCUT2D eigenvalue weighted by Crippen LogP contribution is -2.14. The van der Waals surface area contributed by atoms with E-state index in [0.29, 0.717) is 22.4 Å². The molecule has 0 atom stereocenters. The number of nitrogens with two attached hydrogens (primary N) is 1. The Morgan fingerprint density at radius 2 is 1.87 bits per heavy atom. The molecule has 6 nitrogen and oxygen atoms in total. The molecule has 156 valence electrons. The average molecular weight is 454 g/mol. The number of hydrogen-bond acceptors (Lipinski definition) is 5. The van der Waals surface area contributed by atoms with Crippen LogP contribution in [0.25, 0.3) is 17.1 Å². The molecule has 1 heterocycles. The first-order valence-electron chi connectivity index (χ1n) is 9.26. The number of thioether (sulfide) groups is 1. The number of carbonyl (C=O) groups excluding carboxylic acids is 1. The van der Waals surface area contributed by atoms with Gasteiger partial charge in [0.05, 0.1) is 10.8 Å². The largest absolute Gasteiger partial charge is 0.399 e. The zero-order valence-electron chi connectivity index (χ0n) is 16.1. The van der Waals surface area contributed by atoms with Crippen molar-refractivity contribution in [2.24, 2.45) is 0 Å². The monoisotopic (exact) mass is 453 g/mol. The van der Waals surface area contributed by atoms with E-state index in [-0.39, 0.29) is 16.7 Å². The second kappa shape index (κ2) is 9.20. The van der Waals surface area contributed by atoms with Gasteiger partial charge in [-0.15, -0.1) is 10.2 Å². The van der Waals surface area contributed by atoms with Gasteiger partial charge in [-0.1, -0.05) is 53.7 Å². The molecule has 9 heteroatoms. The van der Waals surface area contributed by atoms with E-state index in [1.165, 1.54) is 30.0 Å². The minimum absolute atomic E-state index is 0.0546. The molecule has 0 spiro atoms. The lowest BCUT2D eigenvalue weighted by Gasteiger charge is -2.11. The van der Waals surface area contributed by atoms with Crippen LogP contribution in [0.1, 0.15) is 0 Å². The van der Waals surface area contributed by atoms with E-state index in [0.717, 1.165) is 11.3 Å². The Kier molecular flexibility index (Phi) is 6.20. The first-order valence-corrected chi connectivity index (χ1v) is 10.6. The first-order chi connectivity index (χ1) is 15.0. The summed E-state index contributed by atoms with van der Waals surface area (Å²) in [6.45, 7) is 0. The summed E-state index contributed by atoms with van der Waals surface area (Å²) in [5.41, 5.74) is 8.64. The molecule has 1 amide bonds. The Morgan fingerprint density at radius 1 is 1.06 bits per heavy atom. The molecular weight excluding hydrogens is 437 g/mol. The van der Waals surface area contributed by atoms with Crippen LogP contribution in [0.15, 0.2) is 78.0 Å². The Hall–Kier alpha value is -3.36. The van der Waals surface area contributed by atoms with E-state index >= 15 is 0 Å². The van der Waals surface area contributed by atoms with E-state index in [4.69, 9.17) is 17.3 Å². The summed E-state index contributed by atoms with van der Waals surface area (Å²) >= 11 is 7.00. The number of nitrogen functional groups attached to an aromatic ring is 1. The van der Waals surface area contributed by atoms with Gasteiger partial charge in [0.15, 0.2) is 11.0 Å². The number of aromatic nitrogens is 3. The number of anilines is 2. The number of halogens is 2. The molecule has 0 aliphatic heterocycles. The predicted molar refractivity (Wildman–Crippen MR) is 122 cm³/mol. The molecule has 0 bridgehead atoms. The van der Waals surface area contributed by atoms with Crippen LogP contribution in [0.2, 0.25) is 5.02 Å². The van der Waals surface area contributed by atoms with E-state index < -0.39 is 5.82 Å². The lowest BCUT2D eigenvalue weighted by molar-refractivity contribution is -0.113. The molecule has 0 aliphatic carbocycles. The second-order valence-corrected chi connectivity index (χ2v) is 7.92. The number of amides is 1. The van der Waals surface area contributed by atoms with Gasteiger partial charge in [0.2, 0.25) is 5.91 Å². The molecular formula is C22H17ClFN5OS. The van der Waals surface area contributed by atoms with Crippen molar-refractivity contribution in [1.82, 2.24) is 14.8 Å². The van der Waals surface area contributed by atoms with Crippen LogP contribution >= 0.6 is 23.4 Å². The summed E-state index contributed by atoms with van der Waals surface area (Å²) in [7, 11) is 0. The maximum atomic E-state index is 13.3. The van der Waals surface area contributed by atoms with Crippen molar-refractivity contribution in [2.75, 3.05) is 16.8 Å².